The molecule has 1 atom stereocenters. The van der Waals surface area contributed by atoms with Crippen LogP contribution in [0.15, 0.2) is 48.5 Å². The van der Waals surface area contributed by atoms with Crippen molar-refractivity contribution in [2.75, 3.05) is 25.6 Å². The lowest BCUT2D eigenvalue weighted by molar-refractivity contribution is -0.134. The molecule has 3 aromatic rings. The molecule has 0 saturated carbocycles. The van der Waals surface area contributed by atoms with E-state index in [9.17, 15) is 14.0 Å². The minimum atomic E-state index is -0.474. The van der Waals surface area contributed by atoms with Crippen molar-refractivity contribution in [3.8, 4) is 11.5 Å². The number of ether oxygens (including phenoxy) is 2. The monoisotopic (exact) mass is 456 g/mol. The van der Waals surface area contributed by atoms with E-state index in [2.05, 4.69) is 15.5 Å². The fourth-order valence-corrected chi connectivity index (χ4v) is 4.32. The smallest absolute Gasteiger partial charge is 0.286 e. The van der Waals surface area contributed by atoms with Gasteiger partial charge in [-0.3, -0.25) is 9.59 Å². The van der Waals surface area contributed by atoms with E-state index in [0.717, 1.165) is 24.2 Å². The molecule has 32 heavy (non-hydrogen) atoms. The zero-order valence-electron chi connectivity index (χ0n) is 17.3. The molecule has 2 heterocycles. The quantitative estimate of drug-likeness (QED) is 0.583. The summed E-state index contributed by atoms with van der Waals surface area (Å²) in [4.78, 5) is 26.9. The van der Waals surface area contributed by atoms with Gasteiger partial charge in [0.2, 0.25) is 5.01 Å². The van der Waals surface area contributed by atoms with E-state index in [4.69, 9.17) is 9.47 Å². The summed E-state index contributed by atoms with van der Waals surface area (Å²) in [5.74, 6) is 0.193. The fourth-order valence-electron chi connectivity index (χ4n) is 3.43. The number of nitrogens with one attached hydrogen (secondary N) is 1. The van der Waals surface area contributed by atoms with Gasteiger partial charge in [-0.15, -0.1) is 10.2 Å². The second-order valence-corrected chi connectivity index (χ2v) is 8.13. The molecule has 1 N–H and O–H groups in total. The van der Waals surface area contributed by atoms with E-state index in [1.165, 1.54) is 18.2 Å². The number of rotatable bonds is 7. The van der Waals surface area contributed by atoms with Crippen LogP contribution in [0.5, 0.6) is 11.5 Å². The van der Waals surface area contributed by atoms with Gasteiger partial charge in [0.15, 0.2) is 6.61 Å². The van der Waals surface area contributed by atoms with Crippen molar-refractivity contribution < 1.29 is 23.5 Å². The highest BCUT2D eigenvalue weighted by molar-refractivity contribution is 7.13. The molecule has 8 nitrogen and oxygen atoms in total. The first-order valence-electron chi connectivity index (χ1n) is 10.00. The molecule has 0 bridgehead atoms. The van der Waals surface area contributed by atoms with E-state index in [-0.39, 0.29) is 23.6 Å². The van der Waals surface area contributed by atoms with Crippen molar-refractivity contribution in [2.24, 2.45) is 0 Å². The average Bonchev–Trinajstić information content (AvgIpc) is 3.47. The number of likely N-dealkylation sites (tertiary alicyclic amines) is 1. The summed E-state index contributed by atoms with van der Waals surface area (Å²) in [5, 5.41) is 11.4. The minimum absolute atomic E-state index is 0.103. The number of anilines is 1. The van der Waals surface area contributed by atoms with Crippen LogP contribution in [-0.2, 0) is 4.79 Å². The summed E-state index contributed by atoms with van der Waals surface area (Å²) in [6.45, 7) is 0.481. The molecule has 4 rings (SSSR count). The van der Waals surface area contributed by atoms with Gasteiger partial charge in [0.05, 0.1) is 13.2 Å². The maximum Gasteiger partial charge on any atom is 0.286 e. The summed E-state index contributed by atoms with van der Waals surface area (Å²) >= 11 is 1.12. The lowest BCUT2D eigenvalue weighted by Crippen LogP contribution is -2.34. The van der Waals surface area contributed by atoms with Crippen molar-refractivity contribution in [3.05, 3.63) is 64.4 Å². The SMILES string of the molecule is COc1ccc(OCC(=O)N2CCCC2c2nnc(C(=O)Nc3cccc(F)c3)s2)cc1. The van der Waals surface area contributed by atoms with Crippen LogP contribution in [0.25, 0.3) is 0 Å². The number of aromatic nitrogens is 2. The summed E-state index contributed by atoms with van der Waals surface area (Å²) < 4.78 is 24.0. The third-order valence-electron chi connectivity index (χ3n) is 5.00. The molecule has 0 radical (unpaired) electrons. The van der Waals surface area contributed by atoms with E-state index >= 15 is 0 Å². The van der Waals surface area contributed by atoms with E-state index < -0.39 is 11.7 Å². The lowest BCUT2D eigenvalue weighted by Gasteiger charge is -2.22. The van der Waals surface area contributed by atoms with Crippen molar-refractivity contribution in [1.29, 1.82) is 0 Å². The number of hydrogen-bond acceptors (Lipinski definition) is 7. The van der Waals surface area contributed by atoms with Crippen molar-refractivity contribution in [3.63, 3.8) is 0 Å². The summed E-state index contributed by atoms with van der Waals surface area (Å²) in [7, 11) is 1.58. The first-order chi connectivity index (χ1) is 15.5. The zero-order valence-corrected chi connectivity index (χ0v) is 18.1. The Bertz CT molecular complexity index is 1110. The van der Waals surface area contributed by atoms with Crippen LogP contribution in [0.1, 0.15) is 33.7 Å². The number of carbonyl (C=O) groups excluding carboxylic acids is 2. The van der Waals surface area contributed by atoms with E-state index in [0.29, 0.717) is 28.7 Å². The highest BCUT2D eigenvalue weighted by Gasteiger charge is 2.33. The van der Waals surface area contributed by atoms with Crippen molar-refractivity contribution in [2.45, 2.75) is 18.9 Å². The van der Waals surface area contributed by atoms with Crippen LogP contribution in [-0.4, -0.2) is 47.2 Å². The molecule has 1 aliphatic heterocycles. The van der Waals surface area contributed by atoms with Gasteiger partial charge in [-0.05, 0) is 55.3 Å². The largest absolute Gasteiger partial charge is 0.497 e. The fraction of sp³-hybridized carbons (Fsp3) is 0.273. The van der Waals surface area contributed by atoms with Crippen LogP contribution < -0.4 is 14.8 Å². The first-order valence-corrected chi connectivity index (χ1v) is 10.8. The van der Waals surface area contributed by atoms with Gasteiger partial charge < -0.3 is 19.7 Å². The highest BCUT2D eigenvalue weighted by atomic mass is 32.1. The summed E-state index contributed by atoms with van der Waals surface area (Å²) in [5.41, 5.74) is 0.333. The standard InChI is InChI=1S/C22H21FN4O4S/c1-30-16-7-9-17(10-8-16)31-13-19(28)27-11-3-6-18(27)21-25-26-22(32-21)20(29)24-15-5-2-4-14(23)12-15/h2,4-5,7-10,12,18H,3,6,11,13H2,1H3,(H,24,29). The molecule has 2 aromatic carbocycles. The van der Waals surface area contributed by atoms with Gasteiger partial charge in [-0.2, -0.15) is 0 Å². The van der Waals surface area contributed by atoms with Crippen LogP contribution in [0, 0.1) is 5.82 Å². The van der Waals surface area contributed by atoms with Crippen LogP contribution in [0.4, 0.5) is 10.1 Å². The Morgan fingerprint density at radius 2 is 1.97 bits per heavy atom. The zero-order chi connectivity index (χ0) is 22.5. The molecule has 1 unspecified atom stereocenters. The Kier molecular flexibility index (Phi) is 6.60. The Labute approximate surface area is 188 Å². The molecule has 0 spiro atoms. The van der Waals surface area contributed by atoms with Gasteiger partial charge >= 0.3 is 0 Å². The molecular formula is C22H21FN4O4S. The predicted octanol–water partition coefficient (Wildman–Crippen LogP) is 3.68. The topological polar surface area (TPSA) is 93.7 Å². The van der Waals surface area contributed by atoms with E-state index in [1.807, 2.05) is 0 Å². The molecule has 1 aromatic heterocycles. The Hall–Kier alpha value is -3.53. The van der Waals surface area contributed by atoms with Gasteiger partial charge in [-0.1, -0.05) is 17.4 Å². The molecule has 2 amide bonds. The van der Waals surface area contributed by atoms with Gasteiger partial charge in [0.1, 0.15) is 22.3 Å². The van der Waals surface area contributed by atoms with Crippen LogP contribution in [0.3, 0.4) is 0 Å². The number of carbonyl (C=O) groups is 2. The number of methoxy groups -OCH3 is 1. The average molecular weight is 456 g/mol. The number of nitrogens with zero attached hydrogens (tertiary/aromatic N) is 3. The molecule has 10 heteroatoms. The van der Waals surface area contributed by atoms with Crippen molar-refractivity contribution >= 4 is 28.8 Å². The molecule has 0 aliphatic carbocycles. The second-order valence-electron chi connectivity index (χ2n) is 7.12. The Morgan fingerprint density at radius 3 is 2.72 bits per heavy atom. The Morgan fingerprint density at radius 1 is 1.19 bits per heavy atom. The molecule has 1 saturated heterocycles. The molecule has 1 fully saturated rings. The maximum absolute atomic E-state index is 13.3. The number of amides is 2. The molecule has 166 valence electrons. The number of halogens is 1. The van der Waals surface area contributed by atoms with Gasteiger partial charge in [0.25, 0.3) is 11.8 Å². The van der Waals surface area contributed by atoms with Gasteiger partial charge in [-0.25, -0.2) is 4.39 Å². The minimum Gasteiger partial charge on any atom is -0.497 e. The maximum atomic E-state index is 13.3. The Balaban J connectivity index is 1.38. The van der Waals surface area contributed by atoms with Crippen LogP contribution >= 0.6 is 11.3 Å². The molecular weight excluding hydrogens is 435 g/mol. The normalized spacial score (nSPS) is 15.4. The van der Waals surface area contributed by atoms with E-state index in [1.54, 1.807) is 42.3 Å². The van der Waals surface area contributed by atoms with Gasteiger partial charge in [0, 0.05) is 12.2 Å². The third-order valence-corrected chi connectivity index (χ3v) is 6.02. The summed E-state index contributed by atoms with van der Waals surface area (Å²) in [6, 6.07) is 12.4. The second kappa shape index (κ2) is 9.73. The highest BCUT2D eigenvalue weighted by Crippen LogP contribution is 2.34. The lowest BCUT2D eigenvalue weighted by atomic mass is 10.2. The summed E-state index contributed by atoms with van der Waals surface area (Å²) in [6.07, 6.45) is 1.55. The van der Waals surface area contributed by atoms with Crippen molar-refractivity contribution in [1.82, 2.24) is 15.1 Å². The predicted molar refractivity (Wildman–Crippen MR) is 116 cm³/mol. The number of hydrogen-bond donors (Lipinski definition) is 1. The third kappa shape index (κ3) is 5.02. The number of benzene rings is 2. The molecule has 1 aliphatic rings. The van der Waals surface area contributed by atoms with Crippen LogP contribution in [0.2, 0.25) is 0 Å². The first kappa shape index (κ1) is 21.7.